The van der Waals surface area contributed by atoms with Gasteiger partial charge in [0.15, 0.2) is 0 Å². The first-order valence-corrected chi connectivity index (χ1v) is 6.49. The van der Waals surface area contributed by atoms with Gasteiger partial charge in [-0.1, -0.05) is 23.4 Å². The van der Waals surface area contributed by atoms with Crippen LogP contribution in [-0.4, -0.2) is 25.3 Å². The van der Waals surface area contributed by atoms with E-state index < -0.39 is 11.7 Å². The van der Waals surface area contributed by atoms with Crippen molar-refractivity contribution in [3.05, 3.63) is 28.8 Å². The molecular weight excluding hydrogens is 278 g/mol. The molecule has 1 N–H and O–H groups in total. The van der Waals surface area contributed by atoms with E-state index in [9.17, 15) is 4.79 Å². The number of carbonyl (C=O) groups excluding carboxylic acids is 1. The second kappa shape index (κ2) is 7.06. The van der Waals surface area contributed by atoms with Gasteiger partial charge in [0.1, 0.15) is 11.4 Å². The fourth-order valence-electron chi connectivity index (χ4n) is 1.35. The summed E-state index contributed by atoms with van der Waals surface area (Å²) in [4.78, 5) is 11.4. The smallest absolute Gasteiger partial charge is 0.408 e. The highest BCUT2D eigenvalue weighted by Crippen LogP contribution is 2.21. The molecule has 1 amide bonds. The Morgan fingerprint density at radius 3 is 2.70 bits per heavy atom. The molecule has 1 aromatic carbocycles. The molecule has 1 rings (SSSR count). The molecule has 0 aromatic heterocycles. The largest absolute Gasteiger partial charge is 0.495 e. The van der Waals surface area contributed by atoms with Gasteiger partial charge in [0.05, 0.1) is 19.2 Å². The Balaban J connectivity index is 2.59. The van der Waals surface area contributed by atoms with Gasteiger partial charge in [-0.15, -0.1) is 0 Å². The Morgan fingerprint density at radius 1 is 1.40 bits per heavy atom. The molecule has 0 heterocycles. The minimum absolute atomic E-state index is 0.185. The Hall–Kier alpha value is -1.86. The minimum atomic E-state index is -0.520. The third kappa shape index (κ3) is 5.85. The van der Waals surface area contributed by atoms with Crippen LogP contribution in [0.25, 0.3) is 0 Å². The maximum Gasteiger partial charge on any atom is 0.408 e. The van der Waals surface area contributed by atoms with E-state index in [0.717, 1.165) is 0 Å². The predicted molar refractivity (Wildman–Crippen MR) is 79.1 cm³/mol. The molecule has 20 heavy (non-hydrogen) atoms. The molecule has 0 aliphatic rings. The number of amides is 1. The molecule has 0 unspecified atom stereocenters. The van der Waals surface area contributed by atoms with Gasteiger partial charge in [-0.2, -0.15) is 0 Å². The van der Waals surface area contributed by atoms with Gasteiger partial charge < -0.3 is 14.8 Å². The summed E-state index contributed by atoms with van der Waals surface area (Å²) >= 11 is 5.90. The van der Waals surface area contributed by atoms with Gasteiger partial charge in [0, 0.05) is 5.02 Å². The van der Waals surface area contributed by atoms with E-state index in [1.165, 1.54) is 0 Å². The molecule has 0 saturated heterocycles. The lowest BCUT2D eigenvalue weighted by atomic mass is 10.2. The summed E-state index contributed by atoms with van der Waals surface area (Å²) in [5.41, 5.74) is 0.152. The second-order valence-corrected chi connectivity index (χ2v) is 5.44. The third-order valence-corrected chi connectivity index (χ3v) is 2.34. The van der Waals surface area contributed by atoms with Crippen molar-refractivity contribution in [2.45, 2.75) is 26.4 Å². The monoisotopic (exact) mass is 295 g/mol. The van der Waals surface area contributed by atoms with Gasteiger partial charge in [-0.05, 0) is 39.0 Å². The van der Waals surface area contributed by atoms with Crippen molar-refractivity contribution in [1.29, 1.82) is 0 Å². The van der Waals surface area contributed by atoms with Gasteiger partial charge >= 0.3 is 6.09 Å². The second-order valence-electron chi connectivity index (χ2n) is 5.00. The normalized spacial score (nSPS) is 10.2. The molecular formula is C15H18ClNO3. The van der Waals surface area contributed by atoms with Crippen LogP contribution in [0.5, 0.6) is 5.75 Å². The van der Waals surface area contributed by atoms with Crippen molar-refractivity contribution >= 4 is 17.7 Å². The number of rotatable bonds is 2. The summed E-state index contributed by atoms with van der Waals surface area (Å²) < 4.78 is 10.3. The van der Waals surface area contributed by atoms with Crippen LogP contribution in [0.15, 0.2) is 18.2 Å². The van der Waals surface area contributed by atoms with Crippen LogP contribution in [0.3, 0.4) is 0 Å². The molecule has 0 radical (unpaired) electrons. The topological polar surface area (TPSA) is 47.6 Å². The molecule has 4 nitrogen and oxygen atoms in total. The average molecular weight is 296 g/mol. The SMILES string of the molecule is COc1ccc(Cl)cc1C#CCNC(=O)OC(C)(C)C. The molecule has 0 atom stereocenters. The summed E-state index contributed by atoms with van der Waals surface area (Å²) in [6.07, 6.45) is -0.496. The van der Waals surface area contributed by atoms with Crippen molar-refractivity contribution in [3.8, 4) is 17.6 Å². The van der Waals surface area contributed by atoms with Crippen molar-refractivity contribution < 1.29 is 14.3 Å². The number of ether oxygens (including phenoxy) is 2. The lowest BCUT2D eigenvalue weighted by Crippen LogP contribution is -2.32. The molecule has 1 aromatic rings. The summed E-state index contributed by atoms with van der Waals surface area (Å²) in [6, 6.07) is 5.18. The number of carbonyl (C=O) groups is 1. The number of alkyl carbamates (subject to hydrolysis) is 1. The zero-order valence-corrected chi connectivity index (χ0v) is 12.8. The fraction of sp³-hybridized carbons (Fsp3) is 0.400. The number of hydrogen-bond donors (Lipinski definition) is 1. The van der Waals surface area contributed by atoms with Crippen molar-refractivity contribution in [2.24, 2.45) is 0 Å². The van der Waals surface area contributed by atoms with E-state index in [4.69, 9.17) is 21.1 Å². The maximum atomic E-state index is 11.4. The fourth-order valence-corrected chi connectivity index (χ4v) is 1.52. The number of methoxy groups -OCH3 is 1. The van der Waals surface area contributed by atoms with E-state index in [2.05, 4.69) is 17.2 Å². The lowest BCUT2D eigenvalue weighted by molar-refractivity contribution is 0.0535. The van der Waals surface area contributed by atoms with E-state index >= 15 is 0 Å². The van der Waals surface area contributed by atoms with E-state index in [-0.39, 0.29) is 6.54 Å². The first kappa shape index (κ1) is 16.2. The van der Waals surface area contributed by atoms with Crippen LogP contribution in [0.2, 0.25) is 5.02 Å². The zero-order valence-electron chi connectivity index (χ0n) is 12.0. The van der Waals surface area contributed by atoms with Crippen molar-refractivity contribution in [3.63, 3.8) is 0 Å². The molecule has 0 saturated carbocycles. The number of benzene rings is 1. The summed E-state index contributed by atoms with van der Waals surface area (Å²) in [5.74, 6) is 6.35. The molecule has 108 valence electrons. The Labute approximate surface area is 124 Å². The van der Waals surface area contributed by atoms with Crippen LogP contribution >= 0.6 is 11.6 Å². The predicted octanol–water partition coefficient (Wildman–Crippen LogP) is 3.22. The van der Waals surface area contributed by atoms with Crippen LogP contribution < -0.4 is 10.1 Å². The van der Waals surface area contributed by atoms with Crippen LogP contribution in [0, 0.1) is 11.8 Å². The van der Waals surface area contributed by atoms with Gasteiger partial charge in [-0.25, -0.2) is 4.79 Å². The number of halogens is 1. The number of nitrogens with one attached hydrogen (secondary N) is 1. The summed E-state index contributed by atoms with van der Waals surface area (Å²) in [6.45, 7) is 5.59. The van der Waals surface area contributed by atoms with E-state index in [0.29, 0.717) is 16.3 Å². The Morgan fingerprint density at radius 2 is 2.10 bits per heavy atom. The maximum absolute atomic E-state index is 11.4. The lowest BCUT2D eigenvalue weighted by Gasteiger charge is -2.19. The highest BCUT2D eigenvalue weighted by molar-refractivity contribution is 6.30. The number of hydrogen-bond acceptors (Lipinski definition) is 3. The third-order valence-electron chi connectivity index (χ3n) is 2.10. The Bertz CT molecular complexity index is 538. The van der Waals surface area contributed by atoms with Crippen molar-refractivity contribution in [1.82, 2.24) is 5.32 Å². The first-order chi connectivity index (χ1) is 9.31. The van der Waals surface area contributed by atoms with Crippen LogP contribution in [0.4, 0.5) is 4.79 Å². The highest BCUT2D eigenvalue weighted by Gasteiger charge is 2.15. The van der Waals surface area contributed by atoms with E-state index in [1.807, 2.05) is 0 Å². The Kier molecular flexibility index (Phi) is 5.72. The van der Waals surface area contributed by atoms with E-state index in [1.54, 1.807) is 46.1 Å². The quantitative estimate of drug-likeness (QED) is 0.852. The molecule has 0 aliphatic heterocycles. The molecule has 0 aliphatic carbocycles. The van der Waals surface area contributed by atoms with Gasteiger partial charge in [-0.3, -0.25) is 0 Å². The molecule has 0 spiro atoms. The standard InChI is InChI=1S/C15H18ClNO3/c1-15(2,3)20-14(18)17-9-5-6-11-10-12(16)7-8-13(11)19-4/h7-8,10H,9H2,1-4H3,(H,17,18). The van der Waals surface area contributed by atoms with Gasteiger partial charge in [0.2, 0.25) is 0 Å². The first-order valence-electron chi connectivity index (χ1n) is 6.11. The highest BCUT2D eigenvalue weighted by atomic mass is 35.5. The average Bonchev–Trinajstić information content (AvgIpc) is 2.33. The molecule has 0 bridgehead atoms. The van der Waals surface area contributed by atoms with Gasteiger partial charge in [0.25, 0.3) is 0 Å². The summed E-state index contributed by atoms with van der Waals surface area (Å²) in [7, 11) is 1.56. The van der Waals surface area contributed by atoms with Crippen LogP contribution in [-0.2, 0) is 4.74 Å². The van der Waals surface area contributed by atoms with Crippen molar-refractivity contribution in [2.75, 3.05) is 13.7 Å². The minimum Gasteiger partial charge on any atom is -0.495 e. The molecule has 0 fully saturated rings. The summed E-state index contributed by atoms with van der Waals surface area (Å²) in [5, 5.41) is 3.13. The zero-order chi connectivity index (χ0) is 15.2. The molecule has 5 heteroatoms. The van der Waals surface area contributed by atoms with Crippen LogP contribution in [0.1, 0.15) is 26.3 Å².